The van der Waals surface area contributed by atoms with E-state index >= 15 is 0 Å². The third-order valence-electron chi connectivity index (χ3n) is 3.46. The van der Waals surface area contributed by atoms with Crippen LogP contribution in [0.5, 0.6) is 5.75 Å². The molecule has 1 aromatic heterocycles. The Bertz CT molecular complexity index is 716. The van der Waals surface area contributed by atoms with Gasteiger partial charge in [0.1, 0.15) is 5.75 Å². The fraction of sp³-hybridized carbons (Fsp3) is 0.294. The van der Waals surface area contributed by atoms with Crippen molar-refractivity contribution in [2.45, 2.75) is 13.5 Å². The summed E-state index contributed by atoms with van der Waals surface area (Å²) in [7, 11) is 3.18. The largest absolute Gasteiger partial charge is 0.497 e. The average Bonchev–Trinajstić information content (AvgIpc) is 2.53. The number of carbonyl (C=O) groups excluding carboxylic acids is 1. The normalized spacial score (nSPS) is 10.5. The highest BCUT2D eigenvalue weighted by Gasteiger charge is 2.13. The van der Waals surface area contributed by atoms with Crippen molar-refractivity contribution in [3.8, 4) is 17.0 Å². The fourth-order valence-corrected chi connectivity index (χ4v) is 2.26. The molecular weight excluding hydrogens is 282 g/mol. The molecule has 0 unspecified atom stereocenters. The van der Waals surface area contributed by atoms with Gasteiger partial charge in [0.2, 0.25) is 0 Å². The molecule has 5 heteroatoms. The Morgan fingerprint density at radius 3 is 2.32 bits per heavy atom. The standard InChI is InChI=1S/C17H19NO4/c1-12(19)15-8-9-16(18(17(15)20)10-11-21-2)13-4-6-14(22-3)7-5-13/h4-9H,10-11H2,1-3H3. The molecule has 0 aliphatic rings. The van der Waals surface area contributed by atoms with Crippen molar-refractivity contribution in [1.82, 2.24) is 4.57 Å². The molecule has 116 valence electrons. The first-order valence-corrected chi connectivity index (χ1v) is 6.96. The number of carbonyl (C=O) groups is 1. The summed E-state index contributed by atoms with van der Waals surface area (Å²) >= 11 is 0. The molecule has 0 bridgehead atoms. The number of aromatic nitrogens is 1. The lowest BCUT2D eigenvalue weighted by Crippen LogP contribution is -2.28. The van der Waals surface area contributed by atoms with Gasteiger partial charge in [0, 0.05) is 13.7 Å². The summed E-state index contributed by atoms with van der Waals surface area (Å²) < 4.78 is 11.8. The Morgan fingerprint density at radius 2 is 1.77 bits per heavy atom. The van der Waals surface area contributed by atoms with E-state index in [2.05, 4.69) is 0 Å². The maximum Gasteiger partial charge on any atom is 0.261 e. The first kappa shape index (κ1) is 16.0. The van der Waals surface area contributed by atoms with E-state index in [4.69, 9.17) is 9.47 Å². The number of ketones is 1. The highest BCUT2D eigenvalue weighted by atomic mass is 16.5. The Hall–Kier alpha value is -2.40. The van der Waals surface area contributed by atoms with Crippen molar-refractivity contribution in [3.05, 3.63) is 52.3 Å². The molecular formula is C17H19NO4. The summed E-state index contributed by atoms with van der Waals surface area (Å²) in [5, 5.41) is 0. The van der Waals surface area contributed by atoms with Gasteiger partial charge in [-0.05, 0) is 48.9 Å². The Kier molecular flexibility index (Phi) is 5.12. The van der Waals surface area contributed by atoms with Crippen LogP contribution in [-0.2, 0) is 11.3 Å². The van der Waals surface area contributed by atoms with Crippen molar-refractivity contribution in [2.75, 3.05) is 20.8 Å². The van der Waals surface area contributed by atoms with Crippen LogP contribution in [0.2, 0.25) is 0 Å². The number of methoxy groups -OCH3 is 2. The fourth-order valence-electron chi connectivity index (χ4n) is 2.26. The Morgan fingerprint density at radius 1 is 1.09 bits per heavy atom. The monoisotopic (exact) mass is 301 g/mol. The maximum absolute atomic E-state index is 12.5. The molecule has 5 nitrogen and oxygen atoms in total. The van der Waals surface area contributed by atoms with Crippen molar-refractivity contribution >= 4 is 5.78 Å². The molecule has 0 spiro atoms. The quantitative estimate of drug-likeness (QED) is 0.769. The van der Waals surface area contributed by atoms with E-state index in [1.54, 1.807) is 30.9 Å². The van der Waals surface area contributed by atoms with Crippen LogP contribution in [0.25, 0.3) is 11.3 Å². The number of ether oxygens (including phenoxy) is 2. The van der Waals surface area contributed by atoms with Gasteiger partial charge in [-0.2, -0.15) is 0 Å². The van der Waals surface area contributed by atoms with Crippen molar-refractivity contribution < 1.29 is 14.3 Å². The second-order valence-corrected chi connectivity index (χ2v) is 4.87. The molecule has 0 saturated heterocycles. The van der Waals surface area contributed by atoms with Crippen LogP contribution >= 0.6 is 0 Å². The molecule has 0 aliphatic heterocycles. The smallest absolute Gasteiger partial charge is 0.261 e. The van der Waals surface area contributed by atoms with E-state index < -0.39 is 0 Å². The van der Waals surface area contributed by atoms with Crippen molar-refractivity contribution in [3.63, 3.8) is 0 Å². The van der Waals surface area contributed by atoms with E-state index in [0.717, 1.165) is 17.0 Å². The van der Waals surface area contributed by atoms with Crippen LogP contribution in [0, 0.1) is 0 Å². The summed E-state index contributed by atoms with van der Waals surface area (Å²) in [5.74, 6) is 0.507. The van der Waals surface area contributed by atoms with Crippen LogP contribution in [0.3, 0.4) is 0 Å². The lowest BCUT2D eigenvalue weighted by atomic mass is 10.1. The van der Waals surface area contributed by atoms with E-state index in [-0.39, 0.29) is 16.9 Å². The lowest BCUT2D eigenvalue weighted by molar-refractivity contribution is 0.101. The zero-order valence-corrected chi connectivity index (χ0v) is 13.0. The average molecular weight is 301 g/mol. The molecule has 0 saturated carbocycles. The van der Waals surface area contributed by atoms with Crippen LogP contribution in [0.15, 0.2) is 41.2 Å². The third kappa shape index (κ3) is 3.26. The van der Waals surface area contributed by atoms with Gasteiger partial charge in [-0.1, -0.05) is 0 Å². The number of hydrogen-bond acceptors (Lipinski definition) is 4. The summed E-state index contributed by atoms with van der Waals surface area (Å²) in [6, 6.07) is 10.8. The summed E-state index contributed by atoms with van der Waals surface area (Å²) in [5.41, 5.74) is 1.52. The summed E-state index contributed by atoms with van der Waals surface area (Å²) in [6.07, 6.45) is 0. The molecule has 1 aromatic carbocycles. The molecule has 22 heavy (non-hydrogen) atoms. The molecule has 0 radical (unpaired) electrons. The molecule has 1 heterocycles. The van der Waals surface area contributed by atoms with Crippen molar-refractivity contribution in [2.24, 2.45) is 0 Å². The second-order valence-electron chi connectivity index (χ2n) is 4.87. The molecule has 0 fully saturated rings. The minimum atomic E-state index is -0.294. The number of hydrogen-bond donors (Lipinski definition) is 0. The lowest BCUT2D eigenvalue weighted by Gasteiger charge is -2.14. The summed E-state index contributed by atoms with van der Waals surface area (Å²) in [6.45, 7) is 2.17. The van der Waals surface area contributed by atoms with Gasteiger partial charge in [-0.3, -0.25) is 9.59 Å². The topological polar surface area (TPSA) is 57.5 Å². The third-order valence-corrected chi connectivity index (χ3v) is 3.46. The minimum Gasteiger partial charge on any atom is -0.497 e. The van der Waals surface area contributed by atoms with E-state index in [1.807, 2.05) is 24.3 Å². The van der Waals surface area contributed by atoms with Gasteiger partial charge in [0.05, 0.1) is 25.0 Å². The number of rotatable bonds is 6. The van der Waals surface area contributed by atoms with Crippen molar-refractivity contribution in [1.29, 1.82) is 0 Å². The second kappa shape index (κ2) is 7.04. The number of pyridine rings is 1. The highest BCUT2D eigenvalue weighted by Crippen LogP contribution is 2.22. The Balaban J connectivity index is 2.55. The van der Waals surface area contributed by atoms with Gasteiger partial charge in [0.25, 0.3) is 5.56 Å². The highest BCUT2D eigenvalue weighted by molar-refractivity contribution is 5.94. The number of nitrogens with zero attached hydrogens (tertiary/aromatic N) is 1. The number of benzene rings is 1. The number of Topliss-reactive ketones (excluding diaryl/α,β-unsaturated/α-hetero) is 1. The molecule has 0 aliphatic carbocycles. The van der Waals surface area contributed by atoms with Gasteiger partial charge in [0.15, 0.2) is 5.78 Å². The van der Waals surface area contributed by atoms with Crippen LogP contribution < -0.4 is 10.3 Å². The predicted octanol–water partition coefficient (Wildman–Crippen LogP) is 2.37. The van der Waals surface area contributed by atoms with Gasteiger partial charge in [-0.15, -0.1) is 0 Å². The zero-order valence-electron chi connectivity index (χ0n) is 13.0. The van der Waals surface area contributed by atoms with Gasteiger partial charge in [-0.25, -0.2) is 0 Å². The zero-order chi connectivity index (χ0) is 16.1. The molecule has 2 rings (SSSR count). The first-order chi connectivity index (χ1) is 10.6. The van der Waals surface area contributed by atoms with E-state index in [1.165, 1.54) is 6.92 Å². The predicted molar refractivity (Wildman–Crippen MR) is 84.6 cm³/mol. The molecule has 2 aromatic rings. The van der Waals surface area contributed by atoms with Crippen LogP contribution in [-0.4, -0.2) is 31.2 Å². The Labute approximate surface area is 129 Å². The summed E-state index contributed by atoms with van der Waals surface area (Å²) in [4.78, 5) is 24.1. The minimum absolute atomic E-state index is 0.188. The van der Waals surface area contributed by atoms with Crippen LogP contribution in [0.1, 0.15) is 17.3 Å². The first-order valence-electron chi connectivity index (χ1n) is 6.96. The molecule has 0 amide bonds. The van der Waals surface area contributed by atoms with Crippen LogP contribution in [0.4, 0.5) is 0 Å². The van der Waals surface area contributed by atoms with Gasteiger partial charge < -0.3 is 14.0 Å². The van der Waals surface area contributed by atoms with E-state index in [9.17, 15) is 9.59 Å². The maximum atomic E-state index is 12.5. The molecule has 0 atom stereocenters. The SMILES string of the molecule is COCCn1c(-c2ccc(OC)cc2)ccc(C(C)=O)c1=O. The van der Waals surface area contributed by atoms with Gasteiger partial charge >= 0.3 is 0 Å². The molecule has 0 N–H and O–H groups in total. The van der Waals surface area contributed by atoms with E-state index in [0.29, 0.717) is 13.2 Å².